The highest BCUT2D eigenvalue weighted by molar-refractivity contribution is 9.10. The first-order valence-corrected chi connectivity index (χ1v) is 5.29. The largest absolute Gasteiger partial charge is 0.467 e. The van der Waals surface area contributed by atoms with Crippen LogP contribution in [0.1, 0.15) is 0 Å². The van der Waals surface area contributed by atoms with Gasteiger partial charge in [-0.05, 0) is 44.0 Å². The maximum atomic E-state index is 11.2. The summed E-state index contributed by atoms with van der Waals surface area (Å²) < 4.78 is 6.12. The highest BCUT2D eigenvalue weighted by Gasteiger charge is 2.25. The number of carbonyl (C=O) groups is 1. The normalized spacial score (nSPS) is 20.2. The molecular weight excluding hydrogens is 302 g/mol. The van der Waals surface area contributed by atoms with E-state index in [-0.39, 0.29) is 5.91 Å². The Balaban J connectivity index is 2.48. The smallest absolute Gasteiger partial charge is 0.276 e. The summed E-state index contributed by atoms with van der Waals surface area (Å²) in [5, 5.41) is 2.12. The van der Waals surface area contributed by atoms with Crippen molar-refractivity contribution in [2.45, 2.75) is 5.01 Å². The molecule has 1 aromatic rings. The summed E-state index contributed by atoms with van der Waals surface area (Å²) >= 11 is 6.42. The summed E-state index contributed by atoms with van der Waals surface area (Å²) in [6.45, 7) is 0. The van der Waals surface area contributed by atoms with E-state index in [1.54, 1.807) is 6.07 Å². The summed E-state index contributed by atoms with van der Waals surface area (Å²) in [4.78, 5) is 11.2. The van der Waals surface area contributed by atoms with Gasteiger partial charge >= 0.3 is 0 Å². The first-order valence-electron chi connectivity index (χ1n) is 3.58. The van der Waals surface area contributed by atoms with E-state index in [2.05, 4.69) is 37.2 Å². The molecule has 1 amide bonds. The van der Waals surface area contributed by atoms with Crippen LogP contribution in [-0.4, -0.2) is 10.9 Å². The van der Waals surface area contributed by atoms with Crippen molar-refractivity contribution in [1.82, 2.24) is 0 Å². The number of hydrogen-bond donors (Lipinski definition) is 1. The molecule has 3 nitrogen and oxygen atoms in total. The van der Waals surface area contributed by atoms with Gasteiger partial charge in [0.1, 0.15) is 5.75 Å². The van der Waals surface area contributed by atoms with Crippen LogP contribution < -0.4 is 10.1 Å². The van der Waals surface area contributed by atoms with Gasteiger partial charge in [0.25, 0.3) is 5.91 Å². The molecule has 0 spiro atoms. The standard InChI is InChI=1S/C8H5Br2NO2/c9-4-2-1-3-5-6(4)11-8(12)7(10)13-5/h1-3,7H,(H,11,12). The number of fused-ring (bicyclic) bond motifs is 1. The number of amides is 1. The van der Waals surface area contributed by atoms with Crippen molar-refractivity contribution >= 4 is 43.5 Å². The molecular formula is C8H5Br2NO2. The minimum Gasteiger partial charge on any atom is -0.467 e. The third kappa shape index (κ3) is 1.58. The Labute approximate surface area is 91.7 Å². The summed E-state index contributed by atoms with van der Waals surface area (Å²) in [6.07, 6.45) is 0. The van der Waals surface area contributed by atoms with E-state index >= 15 is 0 Å². The van der Waals surface area contributed by atoms with Crippen molar-refractivity contribution in [3.05, 3.63) is 22.7 Å². The molecule has 13 heavy (non-hydrogen) atoms. The lowest BCUT2D eigenvalue weighted by Crippen LogP contribution is -2.32. The highest BCUT2D eigenvalue weighted by atomic mass is 79.9. The second-order valence-electron chi connectivity index (χ2n) is 2.54. The minimum absolute atomic E-state index is 0.195. The molecule has 1 aromatic carbocycles. The van der Waals surface area contributed by atoms with Gasteiger partial charge in [0, 0.05) is 4.47 Å². The molecule has 0 aliphatic carbocycles. The number of nitrogens with one attached hydrogen (secondary N) is 1. The molecule has 1 heterocycles. The molecule has 1 atom stereocenters. The minimum atomic E-state index is -0.603. The Morgan fingerprint density at radius 2 is 2.23 bits per heavy atom. The maximum Gasteiger partial charge on any atom is 0.276 e. The molecule has 0 saturated carbocycles. The summed E-state index contributed by atoms with van der Waals surface area (Å²) in [6, 6.07) is 5.49. The van der Waals surface area contributed by atoms with Crippen molar-refractivity contribution in [1.29, 1.82) is 0 Å². The van der Waals surface area contributed by atoms with Crippen LogP contribution in [0.4, 0.5) is 5.69 Å². The van der Waals surface area contributed by atoms with Crippen LogP contribution in [0.25, 0.3) is 0 Å². The van der Waals surface area contributed by atoms with Gasteiger partial charge in [0.15, 0.2) is 0 Å². The average Bonchev–Trinajstić information content (AvgIpc) is 2.09. The lowest BCUT2D eigenvalue weighted by Gasteiger charge is -2.22. The van der Waals surface area contributed by atoms with Crippen molar-refractivity contribution in [2.75, 3.05) is 5.32 Å². The molecule has 2 rings (SSSR count). The quantitative estimate of drug-likeness (QED) is 0.748. The molecule has 0 bridgehead atoms. The van der Waals surface area contributed by atoms with Crippen LogP contribution in [0.15, 0.2) is 22.7 Å². The maximum absolute atomic E-state index is 11.2. The van der Waals surface area contributed by atoms with Gasteiger partial charge in [-0.3, -0.25) is 4.79 Å². The molecule has 1 unspecified atom stereocenters. The Kier molecular flexibility index (Phi) is 2.29. The van der Waals surface area contributed by atoms with Crippen LogP contribution in [0.5, 0.6) is 5.75 Å². The van der Waals surface area contributed by atoms with Crippen molar-refractivity contribution < 1.29 is 9.53 Å². The molecule has 68 valence electrons. The second-order valence-corrected chi connectivity index (χ2v) is 4.22. The van der Waals surface area contributed by atoms with Gasteiger partial charge in [0.2, 0.25) is 5.01 Å². The van der Waals surface area contributed by atoms with Gasteiger partial charge in [-0.15, -0.1) is 0 Å². The zero-order chi connectivity index (χ0) is 9.42. The van der Waals surface area contributed by atoms with E-state index in [0.717, 1.165) is 4.47 Å². The lowest BCUT2D eigenvalue weighted by atomic mass is 10.2. The number of rotatable bonds is 0. The van der Waals surface area contributed by atoms with Gasteiger partial charge in [0.05, 0.1) is 5.69 Å². The van der Waals surface area contributed by atoms with E-state index in [9.17, 15) is 4.79 Å². The highest BCUT2D eigenvalue weighted by Crippen LogP contribution is 2.36. The fourth-order valence-electron chi connectivity index (χ4n) is 1.07. The van der Waals surface area contributed by atoms with Crippen molar-refractivity contribution in [2.24, 2.45) is 0 Å². The lowest BCUT2D eigenvalue weighted by molar-refractivity contribution is -0.119. The van der Waals surface area contributed by atoms with E-state index < -0.39 is 5.01 Å². The Morgan fingerprint density at radius 1 is 1.46 bits per heavy atom. The van der Waals surface area contributed by atoms with Gasteiger partial charge in [-0.1, -0.05) is 6.07 Å². The third-order valence-electron chi connectivity index (χ3n) is 1.66. The Morgan fingerprint density at radius 3 is 3.00 bits per heavy atom. The van der Waals surface area contributed by atoms with E-state index in [0.29, 0.717) is 11.4 Å². The first-order chi connectivity index (χ1) is 6.18. The molecule has 0 saturated heterocycles. The Hall–Kier alpha value is -0.550. The number of hydrogen-bond acceptors (Lipinski definition) is 2. The number of halogens is 2. The molecule has 0 aromatic heterocycles. The second kappa shape index (κ2) is 3.31. The summed E-state index contributed by atoms with van der Waals surface area (Å²) in [7, 11) is 0. The van der Waals surface area contributed by atoms with E-state index in [1.807, 2.05) is 12.1 Å². The predicted molar refractivity (Wildman–Crippen MR) is 56.1 cm³/mol. The molecule has 0 fully saturated rings. The number of ether oxygens (including phenoxy) is 1. The molecule has 1 N–H and O–H groups in total. The number of benzene rings is 1. The average molecular weight is 307 g/mol. The fraction of sp³-hybridized carbons (Fsp3) is 0.125. The zero-order valence-corrected chi connectivity index (χ0v) is 9.55. The number of para-hydroxylation sites is 1. The van der Waals surface area contributed by atoms with Crippen molar-refractivity contribution in [3.63, 3.8) is 0 Å². The molecule has 0 radical (unpaired) electrons. The number of alkyl halides is 1. The third-order valence-corrected chi connectivity index (χ3v) is 2.92. The van der Waals surface area contributed by atoms with Crippen molar-refractivity contribution in [3.8, 4) is 5.75 Å². The molecule has 5 heteroatoms. The topological polar surface area (TPSA) is 38.3 Å². The number of anilines is 1. The first kappa shape index (κ1) is 9.02. The van der Waals surface area contributed by atoms with Crippen LogP contribution in [0.3, 0.4) is 0 Å². The monoisotopic (exact) mass is 305 g/mol. The predicted octanol–water partition coefficient (Wildman–Crippen LogP) is 2.50. The number of carbonyl (C=O) groups excluding carboxylic acids is 1. The molecule has 1 aliphatic heterocycles. The summed E-state index contributed by atoms with van der Waals surface area (Å²) in [5.41, 5.74) is 0.684. The van der Waals surface area contributed by atoms with Crippen LogP contribution in [-0.2, 0) is 4.79 Å². The van der Waals surface area contributed by atoms with Crippen LogP contribution in [0.2, 0.25) is 0 Å². The van der Waals surface area contributed by atoms with Gasteiger partial charge in [-0.2, -0.15) is 0 Å². The summed E-state index contributed by atoms with van der Waals surface area (Å²) in [5.74, 6) is 0.468. The van der Waals surface area contributed by atoms with Crippen LogP contribution in [0, 0.1) is 0 Å². The van der Waals surface area contributed by atoms with E-state index in [1.165, 1.54) is 0 Å². The molecule has 1 aliphatic rings. The zero-order valence-electron chi connectivity index (χ0n) is 6.38. The van der Waals surface area contributed by atoms with Gasteiger partial charge in [-0.25, -0.2) is 0 Å². The van der Waals surface area contributed by atoms with E-state index in [4.69, 9.17) is 4.74 Å². The fourth-order valence-corrected chi connectivity index (χ4v) is 1.83. The van der Waals surface area contributed by atoms with Crippen LogP contribution >= 0.6 is 31.9 Å². The SMILES string of the molecule is O=C1Nc2c(Br)cccc2OC1Br. The Bertz CT molecular complexity index is 367. The van der Waals surface area contributed by atoms with Gasteiger partial charge < -0.3 is 10.1 Å².